The number of nitrogens with zero attached hydrogens (tertiary/aromatic N) is 3. The second-order valence-electron chi connectivity index (χ2n) is 5.77. The number of hydrogen-bond acceptors (Lipinski definition) is 5. The number of aryl methyl sites for hydroxylation is 2. The molecule has 0 aromatic carbocycles. The Balaban J connectivity index is 1.92. The number of rotatable bonds is 2. The third-order valence-corrected chi connectivity index (χ3v) is 5.53. The zero-order chi connectivity index (χ0) is 15.3. The highest BCUT2D eigenvalue weighted by Crippen LogP contribution is 2.37. The van der Waals surface area contributed by atoms with E-state index < -0.39 is 0 Å². The molecule has 3 heterocycles. The van der Waals surface area contributed by atoms with Crippen molar-refractivity contribution in [1.29, 1.82) is 0 Å². The Labute approximate surface area is 127 Å². The average Bonchev–Trinajstić information content (AvgIpc) is 3.07. The van der Waals surface area contributed by atoms with Gasteiger partial charge in [0.15, 0.2) is 0 Å². The van der Waals surface area contributed by atoms with Crippen molar-refractivity contribution >= 4 is 33.1 Å². The fourth-order valence-electron chi connectivity index (χ4n) is 3.00. The molecular formula is C14H20N4O2S. The van der Waals surface area contributed by atoms with E-state index >= 15 is 0 Å². The highest BCUT2D eigenvalue weighted by Gasteiger charge is 2.32. The fourth-order valence-corrected chi connectivity index (χ4v) is 4.15. The molecular weight excluding hydrogens is 288 g/mol. The first kappa shape index (κ1) is 14.3. The number of nitrogens with two attached hydrogens (primary N) is 1. The Bertz CT molecular complexity index is 703. The molecule has 1 amide bonds. The molecule has 0 aliphatic carbocycles. The van der Waals surface area contributed by atoms with E-state index in [0.29, 0.717) is 23.7 Å². The van der Waals surface area contributed by atoms with Crippen molar-refractivity contribution in [2.24, 2.45) is 13.0 Å². The second kappa shape index (κ2) is 4.99. The third-order valence-electron chi connectivity index (χ3n) is 4.27. The predicted octanol–water partition coefficient (Wildman–Crippen LogP) is 1.37. The first-order valence-electron chi connectivity index (χ1n) is 7.09. The molecule has 1 fully saturated rings. The minimum atomic E-state index is -0.381. The number of anilines is 1. The van der Waals surface area contributed by atoms with E-state index in [1.807, 2.05) is 14.0 Å². The Morgan fingerprint density at radius 3 is 2.86 bits per heavy atom. The number of nitrogen functional groups attached to an aromatic ring is 1. The molecule has 1 saturated heterocycles. The number of aromatic nitrogens is 2. The van der Waals surface area contributed by atoms with E-state index in [0.717, 1.165) is 22.3 Å². The number of thiophene rings is 1. The molecule has 6 nitrogen and oxygen atoms in total. The number of likely N-dealkylation sites (tertiary alicyclic amines) is 1. The van der Waals surface area contributed by atoms with E-state index in [1.165, 1.54) is 11.3 Å². The van der Waals surface area contributed by atoms with Crippen LogP contribution in [-0.2, 0) is 7.05 Å². The van der Waals surface area contributed by atoms with Gasteiger partial charge in [-0.2, -0.15) is 5.10 Å². The Morgan fingerprint density at radius 2 is 2.29 bits per heavy atom. The van der Waals surface area contributed by atoms with Gasteiger partial charge in [-0.15, -0.1) is 11.3 Å². The van der Waals surface area contributed by atoms with Gasteiger partial charge in [-0.1, -0.05) is 0 Å². The first-order valence-corrected chi connectivity index (χ1v) is 7.90. The second-order valence-corrected chi connectivity index (χ2v) is 6.77. The smallest absolute Gasteiger partial charge is 0.266 e. The molecule has 1 aliphatic rings. The molecule has 0 saturated carbocycles. The van der Waals surface area contributed by atoms with Gasteiger partial charge >= 0.3 is 0 Å². The van der Waals surface area contributed by atoms with Crippen molar-refractivity contribution in [2.75, 3.05) is 18.8 Å². The minimum Gasteiger partial charge on any atom is -0.397 e. The van der Waals surface area contributed by atoms with E-state index in [2.05, 4.69) is 5.10 Å². The van der Waals surface area contributed by atoms with Gasteiger partial charge in [-0.25, -0.2) is 0 Å². The Morgan fingerprint density at radius 1 is 1.57 bits per heavy atom. The van der Waals surface area contributed by atoms with Crippen LogP contribution < -0.4 is 5.73 Å². The first-order chi connectivity index (χ1) is 9.90. The highest BCUT2D eigenvalue weighted by molar-refractivity contribution is 7.21. The summed E-state index contributed by atoms with van der Waals surface area (Å²) in [4.78, 5) is 16.0. The van der Waals surface area contributed by atoms with Gasteiger partial charge in [0.2, 0.25) is 0 Å². The van der Waals surface area contributed by atoms with E-state index in [4.69, 9.17) is 5.73 Å². The number of carbonyl (C=O) groups is 1. The van der Waals surface area contributed by atoms with Crippen molar-refractivity contribution in [2.45, 2.75) is 26.4 Å². The molecule has 0 spiro atoms. The van der Waals surface area contributed by atoms with E-state index in [-0.39, 0.29) is 17.9 Å². The molecule has 2 atom stereocenters. The summed E-state index contributed by atoms with van der Waals surface area (Å²) < 4.78 is 1.77. The molecule has 114 valence electrons. The number of hydrogen-bond donors (Lipinski definition) is 2. The maximum Gasteiger partial charge on any atom is 0.266 e. The van der Waals surface area contributed by atoms with Gasteiger partial charge in [0.1, 0.15) is 9.71 Å². The summed E-state index contributed by atoms with van der Waals surface area (Å²) >= 11 is 1.40. The number of fused-ring (bicyclic) bond motifs is 1. The van der Waals surface area contributed by atoms with Crippen LogP contribution in [0.1, 0.15) is 28.7 Å². The Hall–Kier alpha value is -1.60. The monoisotopic (exact) mass is 308 g/mol. The molecule has 0 radical (unpaired) electrons. The molecule has 2 unspecified atom stereocenters. The van der Waals surface area contributed by atoms with Gasteiger partial charge in [-0.05, 0) is 20.3 Å². The largest absolute Gasteiger partial charge is 0.397 e. The molecule has 0 bridgehead atoms. The zero-order valence-corrected chi connectivity index (χ0v) is 13.3. The van der Waals surface area contributed by atoms with Gasteiger partial charge in [0, 0.05) is 26.1 Å². The normalized spacial score (nSPS) is 20.4. The number of aliphatic hydroxyl groups excluding tert-OH is 1. The van der Waals surface area contributed by atoms with Gasteiger partial charge in [0.25, 0.3) is 5.91 Å². The predicted molar refractivity (Wildman–Crippen MR) is 83.4 cm³/mol. The summed E-state index contributed by atoms with van der Waals surface area (Å²) in [5.74, 6) is 0.129. The topological polar surface area (TPSA) is 84.4 Å². The standard InChI is InChI=1S/C14H20N4O2S/c1-7-10-11(15)12(21-14(10)17(3)16-7)13(20)18-5-4-9(6-18)8(2)19/h8-9,19H,4-6,15H2,1-3H3. The number of aliphatic hydroxyl groups is 1. The SMILES string of the molecule is Cc1nn(C)c2sc(C(=O)N3CCC(C(C)O)C3)c(N)c12. The lowest BCUT2D eigenvalue weighted by molar-refractivity contribution is 0.0768. The summed E-state index contributed by atoms with van der Waals surface area (Å²) in [6.07, 6.45) is 0.461. The van der Waals surface area contributed by atoms with Crippen LogP contribution in [0.4, 0.5) is 5.69 Å². The fraction of sp³-hybridized carbons (Fsp3) is 0.571. The maximum absolute atomic E-state index is 12.7. The molecule has 3 N–H and O–H groups in total. The summed E-state index contributed by atoms with van der Waals surface area (Å²) in [5, 5.41) is 14.9. The summed E-state index contributed by atoms with van der Waals surface area (Å²) in [6, 6.07) is 0. The molecule has 1 aliphatic heterocycles. The summed E-state index contributed by atoms with van der Waals surface area (Å²) in [5.41, 5.74) is 7.56. The van der Waals surface area contributed by atoms with Crippen molar-refractivity contribution < 1.29 is 9.90 Å². The maximum atomic E-state index is 12.7. The summed E-state index contributed by atoms with van der Waals surface area (Å²) in [6.45, 7) is 4.96. The van der Waals surface area contributed by atoms with Crippen molar-refractivity contribution in [3.05, 3.63) is 10.6 Å². The van der Waals surface area contributed by atoms with Crippen LogP contribution in [0.5, 0.6) is 0 Å². The van der Waals surface area contributed by atoms with Crippen LogP contribution in [0.25, 0.3) is 10.2 Å². The molecule has 7 heteroatoms. The van der Waals surface area contributed by atoms with E-state index in [1.54, 1.807) is 16.5 Å². The van der Waals surface area contributed by atoms with Crippen LogP contribution in [0, 0.1) is 12.8 Å². The van der Waals surface area contributed by atoms with Crippen LogP contribution in [0.3, 0.4) is 0 Å². The summed E-state index contributed by atoms with van der Waals surface area (Å²) in [7, 11) is 1.86. The van der Waals surface area contributed by atoms with E-state index in [9.17, 15) is 9.90 Å². The Kier molecular flexibility index (Phi) is 3.41. The zero-order valence-electron chi connectivity index (χ0n) is 12.5. The molecule has 2 aromatic rings. The lowest BCUT2D eigenvalue weighted by atomic mass is 10.0. The van der Waals surface area contributed by atoms with Gasteiger partial charge in [-0.3, -0.25) is 9.48 Å². The quantitative estimate of drug-likeness (QED) is 0.877. The van der Waals surface area contributed by atoms with Crippen LogP contribution in [-0.4, -0.2) is 44.9 Å². The highest BCUT2D eigenvalue weighted by atomic mass is 32.1. The molecule has 2 aromatic heterocycles. The minimum absolute atomic E-state index is 0.0312. The van der Waals surface area contributed by atoms with Crippen LogP contribution >= 0.6 is 11.3 Å². The van der Waals surface area contributed by atoms with Crippen LogP contribution in [0.15, 0.2) is 0 Å². The molecule has 3 rings (SSSR count). The van der Waals surface area contributed by atoms with Crippen molar-refractivity contribution in [1.82, 2.24) is 14.7 Å². The van der Waals surface area contributed by atoms with Crippen molar-refractivity contribution in [3.63, 3.8) is 0 Å². The van der Waals surface area contributed by atoms with Gasteiger partial charge in [0.05, 0.1) is 22.9 Å². The van der Waals surface area contributed by atoms with Gasteiger partial charge < -0.3 is 15.7 Å². The lowest BCUT2D eigenvalue weighted by Gasteiger charge is -2.17. The molecule has 21 heavy (non-hydrogen) atoms. The average molecular weight is 308 g/mol. The van der Waals surface area contributed by atoms with Crippen molar-refractivity contribution in [3.8, 4) is 0 Å². The number of carbonyl (C=O) groups excluding carboxylic acids is 1. The third kappa shape index (κ3) is 2.20. The van der Waals surface area contributed by atoms with Crippen LogP contribution in [0.2, 0.25) is 0 Å². The number of amides is 1. The lowest BCUT2D eigenvalue weighted by Crippen LogP contribution is -2.30.